The maximum atomic E-state index is 12.4. The number of hydrogen-bond donors (Lipinski definition) is 1. The number of carbonyl (C=O) groups is 1. The third-order valence-corrected chi connectivity index (χ3v) is 3.96. The molecule has 0 aliphatic carbocycles. The second kappa shape index (κ2) is 6.26. The molecule has 1 aromatic heterocycles. The van der Waals surface area contributed by atoms with Crippen molar-refractivity contribution in [2.24, 2.45) is 5.92 Å². The van der Waals surface area contributed by atoms with Crippen LogP contribution in [0.5, 0.6) is 0 Å². The van der Waals surface area contributed by atoms with Crippen LogP contribution < -0.4 is 5.73 Å². The van der Waals surface area contributed by atoms with Crippen LogP contribution in [-0.4, -0.2) is 46.9 Å². The topological polar surface area (TPSA) is 73.4 Å². The number of nitrogen functional groups attached to an aromatic ring is 1. The lowest BCUT2D eigenvalue weighted by molar-refractivity contribution is -0.132. The summed E-state index contributed by atoms with van der Waals surface area (Å²) in [6, 6.07) is 0. The van der Waals surface area contributed by atoms with Crippen LogP contribution in [0.1, 0.15) is 24.7 Å². The number of ether oxygens (including phenoxy) is 1. The molecule has 0 saturated carbocycles. The van der Waals surface area contributed by atoms with Gasteiger partial charge in [0, 0.05) is 25.6 Å². The summed E-state index contributed by atoms with van der Waals surface area (Å²) in [6.45, 7) is 9.06. The van der Waals surface area contributed by atoms with Crippen LogP contribution in [0.15, 0.2) is 0 Å². The van der Waals surface area contributed by atoms with Crippen molar-refractivity contribution in [2.75, 3.05) is 32.0 Å². The minimum absolute atomic E-state index is 0.0880. The van der Waals surface area contributed by atoms with Crippen LogP contribution in [0.3, 0.4) is 0 Å². The highest BCUT2D eigenvalue weighted by Crippen LogP contribution is 2.16. The largest absolute Gasteiger partial charge is 0.396 e. The molecule has 6 heteroatoms. The van der Waals surface area contributed by atoms with Crippen molar-refractivity contribution in [1.29, 1.82) is 0 Å². The SMILES string of the molecule is CCN(CC1CCOC1)C(=O)Cn1nc(C)c(N)c1C. The highest BCUT2D eigenvalue weighted by atomic mass is 16.5. The van der Waals surface area contributed by atoms with Gasteiger partial charge in [0.05, 0.1) is 23.7 Å². The van der Waals surface area contributed by atoms with Crippen molar-refractivity contribution >= 4 is 11.6 Å². The molecule has 1 aromatic rings. The standard InChI is InChI=1S/C14H24N4O2/c1-4-17(7-12-5-6-20-9-12)13(19)8-18-11(3)14(15)10(2)16-18/h12H,4-9,15H2,1-3H3. The summed E-state index contributed by atoms with van der Waals surface area (Å²) in [5, 5.41) is 4.32. The van der Waals surface area contributed by atoms with E-state index in [1.54, 1.807) is 4.68 Å². The van der Waals surface area contributed by atoms with E-state index in [0.29, 0.717) is 18.2 Å². The maximum Gasteiger partial charge on any atom is 0.244 e. The van der Waals surface area contributed by atoms with E-state index in [1.807, 2.05) is 25.7 Å². The lowest BCUT2D eigenvalue weighted by Gasteiger charge is -2.24. The van der Waals surface area contributed by atoms with E-state index in [9.17, 15) is 4.79 Å². The summed E-state index contributed by atoms with van der Waals surface area (Å²) in [4.78, 5) is 14.3. The number of amides is 1. The van der Waals surface area contributed by atoms with E-state index in [2.05, 4.69) is 5.10 Å². The highest BCUT2D eigenvalue weighted by Gasteiger charge is 2.22. The molecule has 2 N–H and O–H groups in total. The molecule has 1 fully saturated rings. The fraction of sp³-hybridized carbons (Fsp3) is 0.714. The molecule has 1 atom stereocenters. The minimum atomic E-state index is 0.0880. The van der Waals surface area contributed by atoms with Gasteiger partial charge in [0.1, 0.15) is 6.54 Å². The lowest BCUT2D eigenvalue weighted by Crippen LogP contribution is -2.38. The zero-order chi connectivity index (χ0) is 14.7. The number of hydrogen-bond acceptors (Lipinski definition) is 4. The lowest BCUT2D eigenvalue weighted by atomic mass is 10.1. The molecule has 1 amide bonds. The first-order valence-electron chi connectivity index (χ1n) is 7.18. The van der Waals surface area contributed by atoms with E-state index in [-0.39, 0.29) is 12.5 Å². The predicted octanol–water partition coefficient (Wildman–Crippen LogP) is 0.967. The first-order chi connectivity index (χ1) is 9.52. The van der Waals surface area contributed by atoms with Gasteiger partial charge in [0.25, 0.3) is 0 Å². The van der Waals surface area contributed by atoms with Gasteiger partial charge in [-0.3, -0.25) is 9.48 Å². The number of rotatable bonds is 5. The molecule has 0 bridgehead atoms. The molecule has 0 radical (unpaired) electrons. The summed E-state index contributed by atoms with van der Waals surface area (Å²) in [7, 11) is 0. The van der Waals surface area contributed by atoms with Crippen LogP contribution in [0.4, 0.5) is 5.69 Å². The van der Waals surface area contributed by atoms with E-state index >= 15 is 0 Å². The quantitative estimate of drug-likeness (QED) is 0.872. The number of aromatic nitrogens is 2. The summed E-state index contributed by atoms with van der Waals surface area (Å²) in [5.74, 6) is 0.550. The average Bonchev–Trinajstić information content (AvgIpc) is 3.01. The summed E-state index contributed by atoms with van der Waals surface area (Å²) >= 11 is 0. The molecule has 0 spiro atoms. The van der Waals surface area contributed by atoms with E-state index in [0.717, 1.165) is 37.6 Å². The highest BCUT2D eigenvalue weighted by molar-refractivity contribution is 5.76. The molecule has 112 valence electrons. The number of anilines is 1. The van der Waals surface area contributed by atoms with Crippen molar-refractivity contribution in [3.8, 4) is 0 Å². The number of nitrogens with two attached hydrogens (primary N) is 1. The Morgan fingerprint density at radius 1 is 1.55 bits per heavy atom. The number of nitrogens with zero attached hydrogens (tertiary/aromatic N) is 3. The fourth-order valence-electron chi connectivity index (χ4n) is 2.54. The minimum Gasteiger partial charge on any atom is -0.396 e. The summed E-state index contributed by atoms with van der Waals surface area (Å²) in [5.41, 5.74) is 8.20. The molecule has 20 heavy (non-hydrogen) atoms. The van der Waals surface area contributed by atoms with Crippen molar-refractivity contribution < 1.29 is 9.53 Å². The number of carbonyl (C=O) groups excluding carboxylic acids is 1. The van der Waals surface area contributed by atoms with Gasteiger partial charge in [0.15, 0.2) is 0 Å². The molecule has 2 rings (SSSR count). The number of likely N-dealkylation sites (N-methyl/N-ethyl adjacent to an activating group) is 1. The molecule has 1 unspecified atom stereocenters. The Morgan fingerprint density at radius 2 is 2.30 bits per heavy atom. The predicted molar refractivity (Wildman–Crippen MR) is 77.3 cm³/mol. The molecule has 6 nitrogen and oxygen atoms in total. The summed E-state index contributed by atoms with van der Waals surface area (Å²) < 4.78 is 7.06. The zero-order valence-corrected chi connectivity index (χ0v) is 12.6. The van der Waals surface area contributed by atoms with Gasteiger partial charge >= 0.3 is 0 Å². The average molecular weight is 280 g/mol. The molecule has 2 heterocycles. The van der Waals surface area contributed by atoms with Crippen molar-refractivity contribution in [3.05, 3.63) is 11.4 Å². The van der Waals surface area contributed by atoms with Gasteiger partial charge in [-0.25, -0.2) is 0 Å². The second-order valence-electron chi connectivity index (χ2n) is 5.40. The van der Waals surface area contributed by atoms with Gasteiger partial charge in [0.2, 0.25) is 5.91 Å². The van der Waals surface area contributed by atoms with Crippen LogP contribution in [0.25, 0.3) is 0 Å². The van der Waals surface area contributed by atoms with Gasteiger partial charge < -0.3 is 15.4 Å². The second-order valence-corrected chi connectivity index (χ2v) is 5.40. The Labute approximate surface area is 119 Å². The van der Waals surface area contributed by atoms with E-state index in [4.69, 9.17) is 10.5 Å². The van der Waals surface area contributed by atoms with Crippen LogP contribution in [0.2, 0.25) is 0 Å². The first kappa shape index (κ1) is 14.8. The van der Waals surface area contributed by atoms with Crippen molar-refractivity contribution in [2.45, 2.75) is 33.7 Å². The Bertz CT molecular complexity index is 478. The van der Waals surface area contributed by atoms with Crippen molar-refractivity contribution in [3.63, 3.8) is 0 Å². The molecular weight excluding hydrogens is 256 g/mol. The van der Waals surface area contributed by atoms with Crippen molar-refractivity contribution in [1.82, 2.24) is 14.7 Å². The van der Waals surface area contributed by atoms with Gasteiger partial charge in [-0.05, 0) is 27.2 Å². The third kappa shape index (κ3) is 3.12. The van der Waals surface area contributed by atoms with Gasteiger partial charge in [-0.1, -0.05) is 0 Å². The zero-order valence-electron chi connectivity index (χ0n) is 12.6. The Balaban J connectivity index is 1.99. The van der Waals surface area contributed by atoms with Gasteiger partial charge in [-0.2, -0.15) is 5.10 Å². The fourth-order valence-corrected chi connectivity index (χ4v) is 2.54. The third-order valence-electron chi connectivity index (χ3n) is 3.96. The van der Waals surface area contributed by atoms with Crippen LogP contribution in [-0.2, 0) is 16.1 Å². The normalized spacial score (nSPS) is 18.4. The molecular formula is C14H24N4O2. The monoisotopic (exact) mass is 280 g/mol. The van der Waals surface area contributed by atoms with E-state index < -0.39 is 0 Å². The Morgan fingerprint density at radius 3 is 2.80 bits per heavy atom. The first-order valence-corrected chi connectivity index (χ1v) is 7.18. The molecule has 0 aromatic carbocycles. The van der Waals surface area contributed by atoms with Crippen LogP contribution >= 0.6 is 0 Å². The molecule has 1 saturated heterocycles. The van der Waals surface area contributed by atoms with E-state index in [1.165, 1.54) is 0 Å². The molecule has 1 aliphatic rings. The Hall–Kier alpha value is -1.56. The number of aryl methyl sites for hydroxylation is 1. The van der Waals surface area contributed by atoms with Gasteiger partial charge in [-0.15, -0.1) is 0 Å². The summed E-state index contributed by atoms with van der Waals surface area (Å²) in [6.07, 6.45) is 1.04. The molecule has 1 aliphatic heterocycles. The Kier molecular flexibility index (Phi) is 4.65. The van der Waals surface area contributed by atoms with Crippen LogP contribution in [0, 0.1) is 19.8 Å². The maximum absolute atomic E-state index is 12.4. The smallest absolute Gasteiger partial charge is 0.244 e.